The highest BCUT2D eigenvalue weighted by molar-refractivity contribution is 7.22. The molecule has 2 aromatic carbocycles. The van der Waals surface area contributed by atoms with E-state index in [1.165, 1.54) is 29.5 Å². The number of nitro benzene ring substituents is 1. The van der Waals surface area contributed by atoms with Gasteiger partial charge in [-0.25, -0.2) is 9.37 Å². The van der Waals surface area contributed by atoms with Crippen LogP contribution in [-0.4, -0.2) is 47.9 Å². The van der Waals surface area contributed by atoms with Crippen LogP contribution in [0, 0.1) is 15.9 Å². The molecular weight excluding hydrogens is 431 g/mol. The van der Waals surface area contributed by atoms with E-state index in [1.807, 2.05) is 19.0 Å². The molecule has 0 aliphatic rings. The molecule has 1 heterocycles. The molecule has 3 rings (SSSR count). The molecule has 0 unspecified atom stereocenters. The minimum Gasteiger partial charge on any atom is -0.309 e. The first-order chi connectivity index (χ1) is 13.8. The number of nitro groups is 1. The number of halogens is 2. The van der Waals surface area contributed by atoms with Gasteiger partial charge in [0, 0.05) is 18.7 Å². The Morgan fingerprint density at radius 3 is 2.47 bits per heavy atom. The smallest absolute Gasteiger partial charge is 0.269 e. The van der Waals surface area contributed by atoms with Gasteiger partial charge in [-0.1, -0.05) is 29.5 Å². The van der Waals surface area contributed by atoms with Gasteiger partial charge in [0.2, 0.25) is 5.91 Å². The summed E-state index contributed by atoms with van der Waals surface area (Å²) in [7, 11) is 3.91. The molecule has 0 fully saturated rings. The van der Waals surface area contributed by atoms with Crippen LogP contribution >= 0.6 is 23.7 Å². The van der Waals surface area contributed by atoms with E-state index in [9.17, 15) is 19.3 Å². The largest absolute Gasteiger partial charge is 0.309 e. The fraction of sp³-hybridized carbons (Fsp3) is 0.300. The van der Waals surface area contributed by atoms with Crippen LogP contribution in [0.15, 0.2) is 42.5 Å². The Morgan fingerprint density at radius 2 is 1.87 bits per heavy atom. The van der Waals surface area contributed by atoms with E-state index in [4.69, 9.17) is 0 Å². The first-order valence-electron chi connectivity index (χ1n) is 9.08. The van der Waals surface area contributed by atoms with Gasteiger partial charge in [0.05, 0.1) is 16.0 Å². The van der Waals surface area contributed by atoms with E-state index in [0.29, 0.717) is 21.9 Å². The molecule has 0 saturated heterocycles. The first-order valence-corrected chi connectivity index (χ1v) is 9.90. The highest BCUT2D eigenvalue weighted by Crippen LogP contribution is 2.31. The maximum Gasteiger partial charge on any atom is 0.269 e. The SMILES string of the molecule is CN(C)CCCN(C(=O)Cc1ccc([N+](=O)[O-])cc1)c1nc2c(F)cccc2s1.Cl. The molecule has 0 radical (unpaired) electrons. The predicted octanol–water partition coefficient (Wildman–Crippen LogP) is 4.29. The molecule has 0 N–H and O–H groups in total. The van der Waals surface area contributed by atoms with E-state index >= 15 is 0 Å². The van der Waals surface area contributed by atoms with Gasteiger partial charge in [0.25, 0.3) is 5.69 Å². The van der Waals surface area contributed by atoms with E-state index in [1.54, 1.807) is 29.2 Å². The third kappa shape index (κ3) is 5.71. The van der Waals surface area contributed by atoms with Crippen LogP contribution < -0.4 is 4.90 Å². The van der Waals surface area contributed by atoms with Gasteiger partial charge in [-0.05, 0) is 44.8 Å². The number of benzene rings is 2. The van der Waals surface area contributed by atoms with Crippen molar-refractivity contribution in [3.05, 3.63) is 64.0 Å². The Bertz CT molecular complexity index is 1030. The normalized spacial score (nSPS) is 10.8. The predicted molar refractivity (Wildman–Crippen MR) is 119 cm³/mol. The number of amides is 1. The molecular formula is C20H22ClFN4O3S. The molecule has 30 heavy (non-hydrogen) atoms. The number of non-ortho nitro benzene ring substituents is 1. The van der Waals surface area contributed by atoms with E-state index in [-0.39, 0.29) is 35.9 Å². The molecule has 10 heteroatoms. The first kappa shape index (κ1) is 23.7. The molecule has 0 aliphatic heterocycles. The minimum atomic E-state index is -0.477. The zero-order valence-electron chi connectivity index (χ0n) is 16.6. The molecule has 0 atom stereocenters. The maximum absolute atomic E-state index is 14.1. The average Bonchev–Trinajstić information content (AvgIpc) is 3.10. The zero-order chi connectivity index (χ0) is 21.0. The molecule has 1 amide bonds. The lowest BCUT2D eigenvalue weighted by molar-refractivity contribution is -0.384. The van der Waals surface area contributed by atoms with Gasteiger partial charge in [-0.2, -0.15) is 0 Å². The number of aromatic nitrogens is 1. The average molecular weight is 453 g/mol. The second-order valence-corrected chi connectivity index (χ2v) is 7.89. The number of thiazole rings is 1. The summed E-state index contributed by atoms with van der Waals surface area (Å²) in [5.41, 5.74) is 0.907. The van der Waals surface area contributed by atoms with Gasteiger partial charge in [-0.15, -0.1) is 12.4 Å². The molecule has 3 aromatic rings. The van der Waals surface area contributed by atoms with E-state index in [2.05, 4.69) is 4.98 Å². The standard InChI is InChI=1S/C20H21FN4O3S.ClH/c1-23(2)11-4-12-24(20-22-19-16(21)5-3-6-17(19)29-20)18(26)13-14-7-9-15(10-8-14)25(27)28;/h3,5-10H,4,11-13H2,1-2H3;1H. The molecule has 7 nitrogen and oxygen atoms in total. The number of carbonyl (C=O) groups is 1. The number of nitrogens with zero attached hydrogens (tertiary/aromatic N) is 4. The van der Waals surface area contributed by atoms with Gasteiger partial charge < -0.3 is 4.90 Å². The highest BCUT2D eigenvalue weighted by atomic mass is 35.5. The Hall–Kier alpha value is -2.62. The number of para-hydroxylation sites is 1. The number of fused-ring (bicyclic) bond motifs is 1. The summed E-state index contributed by atoms with van der Waals surface area (Å²) in [5.74, 6) is -0.599. The van der Waals surface area contributed by atoms with Crippen LogP contribution in [0.1, 0.15) is 12.0 Å². The lowest BCUT2D eigenvalue weighted by Gasteiger charge is -2.21. The third-order valence-corrected chi connectivity index (χ3v) is 5.42. The molecule has 0 spiro atoms. The van der Waals surface area contributed by atoms with Crippen LogP contribution in [0.5, 0.6) is 0 Å². The van der Waals surface area contributed by atoms with Gasteiger partial charge in [-0.3, -0.25) is 19.8 Å². The number of carbonyl (C=O) groups excluding carboxylic acids is 1. The Labute approximate surface area is 183 Å². The van der Waals surface area contributed by atoms with Crippen molar-refractivity contribution in [2.75, 3.05) is 32.1 Å². The van der Waals surface area contributed by atoms with E-state index < -0.39 is 10.7 Å². The summed E-state index contributed by atoms with van der Waals surface area (Å²) in [6, 6.07) is 10.7. The van der Waals surface area contributed by atoms with E-state index in [0.717, 1.165) is 13.0 Å². The summed E-state index contributed by atoms with van der Waals surface area (Å²) < 4.78 is 14.7. The molecule has 160 valence electrons. The number of rotatable bonds is 8. The van der Waals surface area contributed by atoms with Gasteiger partial charge in [0.15, 0.2) is 5.13 Å². The van der Waals surface area contributed by atoms with Crippen molar-refractivity contribution in [1.82, 2.24) is 9.88 Å². The number of hydrogen-bond acceptors (Lipinski definition) is 6. The summed E-state index contributed by atoms with van der Waals surface area (Å²) in [6.07, 6.45) is 0.815. The van der Waals surface area contributed by atoms with Gasteiger partial charge in [0.1, 0.15) is 11.3 Å². The van der Waals surface area contributed by atoms with Crippen molar-refractivity contribution >= 4 is 50.7 Å². The zero-order valence-corrected chi connectivity index (χ0v) is 18.2. The lowest BCUT2D eigenvalue weighted by atomic mass is 10.1. The van der Waals surface area contributed by atoms with Crippen LogP contribution in [-0.2, 0) is 11.2 Å². The molecule has 0 bridgehead atoms. The fourth-order valence-electron chi connectivity index (χ4n) is 2.90. The number of hydrogen-bond donors (Lipinski definition) is 0. The maximum atomic E-state index is 14.1. The second-order valence-electron chi connectivity index (χ2n) is 6.89. The van der Waals surface area contributed by atoms with Crippen LogP contribution in [0.4, 0.5) is 15.2 Å². The van der Waals surface area contributed by atoms with Crippen molar-refractivity contribution < 1.29 is 14.1 Å². The van der Waals surface area contributed by atoms with Crippen LogP contribution in [0.3, 0.4) is 0 Å². The molecule has 0 saturated carbocycles. The Morgan fingerprint density at radius 1 is 1.17 bits per heavy atom. The Balaban J connectivity index is 0.00000320. The van der Waals surface area contributed by atoms with Crippen LogP contribution in [0.25, 0.3) is 10.2 Å². The monoisotopic (exact) mass is 452 g/mol. The van der Waals surface area contributed by atoms with Crippen molar-refractivity contribution in [3.63, 3.8) is 0 Å². The summed E-state index contributed by atoms with van der Waals surface area (Å²) in [5, 5.41) is 11.3. The summed E-state index contributed by atoms with van der Waals surface area (Å²) in [6.45, 7) is 1.24. The molecule has 1 aromatic heterocycles. The molecule has 0 aliphatic carbocycles. The topological polar surface area (TPSA) is 79.6 Å². The second kappa shape index (κ2) is 10.4. The summed E-state index contributed by atoms with van der Waals surface area (Å²) in [4.78, 5) is 31.3. The minimum absolute atomic E-state index is 0. The van der Waals surface area contributed by atoms with Crippen molar-refractivity contribution in [1.29, 1.82) is 0 Å². The number of anilines is 1. The summed E-state index contributed by atoms with van der Waals surface area (Å²) >= 11 is 1.27. The van der Waals surface area contributed by atoms with Gasteiger partial charge >= 0.3 is 0 Å². The quantitative estimate of drug-likeness (QED) is 0.376. The Kier molecular flexibility index (Phi) is 8.22. The van der Waals surface area contributed by atoms with Crippen molar-refractivity contribution in [2.24, 2.45) is 0 Å². The lowest BCUT2D eigenvalue weighted by Crippen LogP contribution is -2.34. The van der Waals surface area contributed by atoms with Crippen molar-refractivity contribution in [2.45, 2.75) is 12.8 Å². The highest BCUT2D eigenvalue weighted by Gasteiger charge is 2.21. The van der Waals surface area contributed by atoms with Crippen LogP contribution in [0.2, 0.25) is 0 Å². The fourth-order valence-corrected chi connectivity index (χ4v) is 3.92. The van der Waals surface area contributed by atoms with Crippen molar-refractivity contribution in [3.8, 4) is 0 Å². The third-order valence-electron chi connectivity index (χ3n) is 4.38.